The average molecular weight is 271 g/mol. The predicted molar refractivity (Wildman–Crippen MR) is 79.0 cm³/mol. The largest absolute Gasteiger partial charge is 0.373 e. The fourth-order valence-electron chi connectivity index (χ4n) is 1.99. The van der Waals surface area contributed by atoms with Gasteiger partial charge in [-0.1, -0.05) is 6.07 Å². The Kier molecular flexibility index (Phi) is 3.05. The van der Waals surface area contributed by atoms with Crippen molar-refractivity contribution in [1.29, 1.82) is 0 Å². The summed E-state index contributed by atoms with van der Waals surface area (Å²) in [5.74, 6) is 0.824. The summed E-state index contributed by atoms with van der Waals surface area (Å²) in [6.07, 6.45) is 3.63. The van der Waals surface area contributed by atoms with Crippen LogP contribution < -0.4 is 10.9 Å². The molecule has 0 saturated heterocycles. The lowest BCUT2D eigenvalue weighted by atomic mass is 10.2. The minimum Gasteiger partial charge on any atom is -0.373 e. The van der Waals surface area contributed by atoms with Crippen LogP contribution in [0.15, 0.2) is 46.8 Å². The number of pyridine rings is 2. The van der Waals surface area contributed by atoms with Gasteiger partial charge in [-0.15, -0.1) is 11.3 Å². The second-order valence-electron chi connectivity index (χ2n) is 4.25. The van der Waals surface area contributed by atoms with Crippen molar-refractivity contribution in [1.82, 2.24) is 9.55 Å². The fraction of sp³-hybridized carbons (Fsp3) is 0.143. The minimum absolute atomic E-state index is 0.0523. The van der Waals surface area contributed by atoms with E-state index in [2.05, 4.69) is 10.3 Å². The van der Waals surface area contributed by atoms with Crippen LogP contribution in [0.2, 0.25) is 0 Å². The second-order valence-corrected chi connectivity index (χ2v) is 5.20. The SMILES string of the molecule is CNc1ccc(Cn2ccc3sccc3c2=O)cn1. The van der Waals surface area contributed by atoms with Gasteiger partial charge in [0.1, 0.15) is 5.82 Å². The summed E-state index contributed by atoms with van der Waals surface area (Å²) in [5, 5.41) is 5.70. The van der Waals surface area contributed by atoms with Gasteiger partial charge in [0.05, 0.1) is 11.9 Å². The Hall–Kier alpha value is -2.14. The zero-order valence-electron chi connectivity index (χ0n) is 10.5. The van der Waals surface area contributed by atoms with Gasteiger partial charge in [-0.3, -0.25) is 4.79 Å². The van der Waals surface area contributed by atoms with E-state index >= 15 is 0 Å². The third-order valence-electron chi connectivity index (χ3n) is 3.03. The summed E-state index contributed by atoms with van der Waals surface area (Å²) in [4.78, 5) is 16.5. The van der Waals surface area contributed by atoms with Crippen LogP contribution in [0.5, 0.6) is 0 Å². The van der Waals surface area contributed by atoms with E-state index in [1.807, 2.05) is 42.9 Å². The number of aromatic nitrogens is 2. The number of nitrogens with one attached hydrogen (secondary N) is 1. The normalized spacial score (nSPS) is 10.8. The molecular formula is C14H13N3OS. The fourth-order valence-corrected chi connectivity index (χ4v) is 2.77. The van der Waals surface area contributed by atoms with E-state index in [1.54, 1.807) is 22.1 Å². The molecule has 3 aromatic heterocycles. The van der Waals surface area contributed by atoms with Gasteiger partial charge < -0.3 is 9.88 Å². The topological polar surface area (TPSA) is 46.9 Å². The van der Waals surface area contributed by atoms with Crippen LogP contribution in [0.4, 0.5) is 5.82 Å². The maximum absolute atomic E-state index is 12.3. The number of hydrogen-bond donors (Lipinski definition) is 1. The molecule has 3 heterocycles. The number of anilines is 1. The van der Waals surface area contributed by atoms with Crippen molar-refractivity contribution in [3.8, 4) is 0 Å². The van der Waals surface area contributed by atoms with Crippen molar-refractivity contribution < 1.29 is 0 Å². The van der Waals surface area contributed by atoms with Gasteiger partial charge in [-0.2, -0.15) is 0 Å². The molecule has 0 unspecified atom stereocenters. The van der Waals surface area contributed by atoms with Crippen molar-refractivity contribution in [2.24, 2.45) is 0 Å². The van der Waals surface area contributed by atoms with Crippen LogP contribution in [-0.2, 0) is 6.54 Å². The summed E-state index contributed by atoms with van der Waals surface area (Å²) in [6.45, 7) is 0.543. The van der Waals surface area contributed by atoms with Crippen molar-refractivity contribution in [3.05, 3.63) is 58.0 Å². The molecule has 0 aromatic carbocycles. The molecule has 0 saturated carbocycles. The molecule has 3 rings (SSSR count). The molecule has 96 valence electrons. The molecule has 0 radical (unpaired) electrons. The second kappa shape index (κ2) is 4.85. The van der Waals surface area contributed by atoms with Crippen molar-refractivity contribution in [2.45, 2.75) is 6.54 Å². The summed E-state index contributed by atoms with van der Waals surface area (Å²) in [6, 6.07) is 7.74. The lowest BCUT2D eigenvalue weighted by molar-refractivity contribution is 0.765. The van der Waals surface area contributed by atoms with Gasteiger partial charge in [0.15, 0.2) is 0 Å². The highest BCUT2D eigenvalue weighted by atomic mass is 32.1. The Bertz CT molecular complexity index is 758. The molecule has 0 atom stereocenters. The van der Waals surface area contributed by atoms with Crippen LogP contribution >= 0.6 is 11.3 Å². The minimum atomic E-state index is 0.0523. The Labute approximate surface area is 114 Å². The molecule has 4 nitrogen and oxygen atoms in total. The molecule has 0 spiro atoms. The number of hydrogen-bond acceptors (Lipinski definition) is 4. The Morgan fingerprint density at radius 2 is 2.21 bits per heavy atom. The van der Waals surface area contributed by atoms with Crippen LogP contribution in [0.1, 0.15) is 5.56 Å². The summed E-state index contributed by atoms with van der Waals surface area (Å²) in [7, 11) is 1.83. The van der Waals surface area contributed by atoms with E-state index in [9.17, 15) is 4.79 Å². The first-order valence-corrected chi connectivity index (χ1v) is 6.85. The quantitative estimate of drug-likeness (QED) is 0.796. The van der Waals surface area contributed by atoms with Gasteiger partial charge >= 0.3 is 0 Å². The lowest BCUT2D eigenvalue weighted by Crippen LogP contribution is -2.19. The first-order valence-electron chi connectivity index (χ1n) is 5.97. The summed E-state index contributed by atoms with van der Waals surface area (Å²) < 4.78 is 2.75. The molecule has 0 bridgehead atoms. The molecule has 3 aromatic rings. The standard InChI is InChI=1S/C14H13N3OS/c1-15-13-3-2-10(8-16-13)9-17-6-4-12-11(14(17)18)5-7-19-12/h2-8H,9H2,1H3,(H,15,16). The van der Waals surface area contributed by atoms with Crippen molar-refractivity contribution in [2.75, 3.05) is 12.4 Å². The van der Waals surface area contributed by atoms with Gasteiger partial charge in [0.25, 0.3) is 5.56 Å². The van der Waals surface area contributed by atoms with Gasteiger partial charge in [-0.25, -0.2) is 4.98 Å². The highest BCUT2D eigenvalue weighted by Crippen LogP contribution is 2.16. The molecule has 0 aliphatic carbocycles. The molecule has 0 amide bonds. The maximum atomic E-state index is 12.3. The molecule has 1 N–H and O–H groups in total. The van der Waals surface area contributed by atoms with E-state index in [0.717, 1.165) is 21.5 Å². The Morgan fingerprint density at radius 1 is 1.32 bits per heavy atom. The summed E-state index contributed by atoms with van der Waals surface area (Å²) in [5.41, 5.74) is 1.06. The molecule has 19 heavy (non-hydrogen) atoms. The van der Waals surface area contributed by atoms with E-state index in [0.29, 0.717) is 6.54 Å². The van der Waals surface area contributed by atoms with E-state index in [1.165, 1.54) is 0 Å². The zero-order valence-corrected chi connectivity index (χ0v) is 11.3. The van der Waals surface area contributed by atoms with Crippen molar-refractivity contribution >= 4 is 27.2 Å². The number of fused-ring (bicyclic) bond motifs is 1. The van der Waals surface area contributed by atoms with E-state index in [4.69, 9.17) is 0 Å². The summed E-state index contributed by atoms with van der Waals surface area (Å²) >= 11 is 1.59. The molecule has 0 aliphatic heterocycles. The van der Waals surface area contributed by atoms with Gasteiger partial charge in [0.2, 0.25) is 0 Å². The maximum Gasteiger partial charge on any atom is 0.259 e. The highest BCUT2D eigenvalue weighted by molar-refractivity contribution is 7.17. The van der Waals surface area contributed by atoms with E-state index < -0.39 is 0 Å². The van der Waals surface area contributed by atoms with Crippen LogP contribution in [0, 0.1) is 0 Å². The van der Waals surface area contributed by atoms with Gasteiger partial charge in [0, 0.05) is 24.1 Å². The third-order valence-corrected chi connectivity index (χ3v) is 3.91. The van der Waals surface area contributed by atoms with Crippen LogP contribution in [-0.4, -0.2) is 16.6 Å². The smallest absolute Gasteiger partial charge is 0.259 e. The average Bonchev–Trinajstić information content (AvgIpc) is 2.92. The first-order chi connectivity index (χ1) is 9.28. The van der Waals surface area contributed by atoms with Crippen molar-refractivity contribution in [3.63, 3.8) is 0 Å². The first kappa shape index (κ1) is 11.9. The Morgan fingerprint density at radius 3 is 2.95 bits per heavy atom. The highest BCUT2D eigenvalue weighted by Gasteiger charge is 2.04. The molecule has 5 heteroatoms. The lowest BCUT2D eigenvalue weighted by Gasteiger charge is -2.06. The van der Waals surface area contributed by atoms with Crippen LogP contribution in [0.3, 0.4) is 0 Å². The zero-order chi connectivity index (χ0) is 13.2. The third kappa shape index (κ3) is 2.24. The molecule has 0 aliphatic rings. The number of thiophene rings is 1. The monoisotopic (exact) mass is 271 g/mol. The number of nitrogens with zero attached hydrogens (tertiary/aromatic N) is 2. The van der Waals surface area contributed by atoms with Crippen LogP contribution in [0.25, 0.3) is 10.1 Å². The number of rotatable bonds is 3. The Balaban J connectivity index is 1.95. The molecule has 0 fully saturated rings. The molecular weight excluding hydrogens is 258 g/mol. The predicted octanol–water partition coefficient (Wildman–Crippen LogP) is 2.55. The van der Waals surface area contributed by atoms with E-state index in [-0.39, 0.29) is 5.56 Å². The van der Waals surface area contributed by atoms with Gasteiger partial charge in [-0.05, 0) is 29.1 Å².